The van der Waals surface area contributed by atoms with E-state index in [4.69, 9.17) is 5.73 Å². The van der Waals surface area contributed by atoms with Gasteiger partial charge in [-0.05, 0) is 70.8 Å². The molecule has 0 aliphatic heterocycles. The Hall–Kier alpha value is -4.10. The highest BCUT2D eigenvalue weighted by molar-refractivity contribution is 5.93. The first-order valence-corrected chi connectivity index (χ1v) is 20.3. The van der Waals surface area contributed by atoms with Crippen LogP contribution in [0.15, 0.2) is 0 Å². The standard InChI is InChI=1S/C41H70N6O7/c1-4-5-6-7-8-9-10-11-12-13-14-15-16-17-18-19-20-21-22-23-24-25-29-36(48)43-31-37(49)45-33(2)39(51)44-32-38(50)46-34(3)40(52)47-35(41(53)54)28-26-27-30-42/h33-35H,4-14,19-32,42H2,1-3H3,(H,43,48)(H,44,51)(H,45,49)(H,46,50)(H,47,52)(H,53,54)/t33-,34-,35-/m0/s1. The van der Waals surface area contributed by atoms with Gasteiger partial charge in [0.05, 0.1) is 13.1 Å². The Kier molecular flexibility index (Phi) is 32.0. The number of carbonyl (C=O) groups is 6. The van der Waals surface area contributed by atoms with Crippen LogP contribution in [0.2, 0.25) is 0 Å². The third kappa shape index (κ3) is 30.4. The van der Waals surface area contributed by atoms with E-state index in [9.17, 15) is 33.9 Å². The Labute approximate surface area is 324 Å². The summed E-state index contributed by atoms with van der Waals surface area (Å²) in [6, 6.07) is -3.13. The first-order valence-electron chi connectivity index (χ1n) is 20.3. The van der Waals surface area contributed by atoms with Crippen LogP contribution < -0.4 is 32.3 Å². The van der Waals surface area contributed by atoms with Gasteiger partial charge in [0.2, 0.25) is 29.5 Å². The Morgan fingerprint density at radius 3 is 1.52 bits per heavy atom. The molecule has 13 heteroatoms. The number of hydrogen-bond acceptors (Lipinski definition) is 7. The van der Waals surface area contributed by atoms with Crippen molar-refractivity contribution in [2.45, 2.75) is 180 Å². The van der Waals surface area contributed by atoms with Gasteiger partial charge in [-0.3, -0.25) is 24.0 Å². The van der Waals surface area contributed by atoms with Gasteiger partial charge in [0, 0.05) is 19.3 Å². The van der Waals surface area contributed by atoms with E-state index in [1.807, 2.05) is 0 Å². The molecule has 0 aromatic rings. The second kappa shape index (κ2) is 34.7. The Morgan fingerprint density at radius 1 is 0.556 bits per heavy atom. The van der Waals surface area contributed by atoms with Crippen LogP contribution in [0.3, 0.4) is 0 Å². The Morgan fingerprint density at radius 2 is 1.02 bits per heavy atom. The van der Waals surface area contributed by atoms with Gasteiger partial charge in [-0.2, -0.15) is 0 Å². The van der Waals surface area contributed by atoms with Gasteiger partial charge in [-0.15, -0.1) is 0 Å². The number of hydrogen-bond donors (Lipinski definition) is 7. The second-order valence-corrected chi connectivity index (χ2v) is 13.9. The van der Waals surface area contributed by atoms with E-state index < -0.39 is 54.3 Å². The zero-order valence-electron chi connectivity index (χ0n) is 33.4. The quantitative estimate of drug-likeness (QED) is 0.0386. The van der Waals surface area contributed by atoms with Gasteiger partial charge in [0.1, 0.15) is 18.1 Å². The van der Waals surface area contributed by atoms with E-state index in [1.165, 1.54) is 71.6 Å². The minimum Gasteiger partial charge on any atom is -0.480 e. The molecule has 0 aliphatic rings. The summed E-state index contributed by atoms with van der Waals surface area (Å²) in [5.41, 5.74) is 5.42. The molecule has 13 nitrogen and oxygen atoms in total. The van der Waals surface area contributed by atoms with E-state index in [0.29, 0.717) is 25.8 Å². The number of carboxylic acids is 1. The van der Waals surface area contributed by atoms with Crippen molar-refractivity contribution >= 4 is 35.5 Å². The first kappa shape index (κ1) is 49.9. The summed E-state index contributed by atoms with van der Waals surface area (Å²) in [6.07, 6.45) is 22.6. The number of carboxylic acid groups (broad SMARTS) is 1. The molecule has 54 heavy (non-hydrogen) atoms. The molecule has 0 spiro atoms. The number of unbranched alkanes of at least 4 members (excludes halogenated alkanes) is 17. The molecular formula is C41H70N6O7. The maximum atomic E-state index is 12.3. The average molecular weight is 759 g/mol. The first-order chi connectivity index (χ1) is 26.0. The zero-order chi connectivity index (χ0) is 40.2. The minimum absolute atomic E-state index is 0.205. The summed E-state index contributed by atoms with van der Waals surface area (Å²) >= 11 is 0. The molecule has 8 N–H and O–H groups in total. The molecule has 3 atom stereocenters. The summed E-state index contributed by atoms with van der Waals surface area (Å²) in [6.45, 7) is 4.74. The van der Waals surface area contributed by atoms with Crippen molar-refractivity contribution < 1.29 is 33.9 Å². The van der Waals surface area contributed by atoms with Crippen molar-refractivity contribution in [3.8, 4) is 23.7 Å². The molecular weight excluding hydrogens is 688 g/mol. The highest BCUT2D eigenvalue weighted by Gasteiger charge is 2.24. The highest BCUT2D eigenvalue weighted by atomic mass is 16.4. The maximum absolute atomic E-state index is 12.3. The molecule has 0 unspecified atom stereocenters. The molecule has 5 amide bonds. The number of nitrogens with one attached hydrogen (secondary N) is 5. The topological polar surface area (TPSA) is 209 Å². The van der Waals surface area contributed by atoms with Crippen LogP contribution in [0.25, 0.3) is 0 Å². The summed E-state index contributed by atoms with van der Waals surface area (Å²) in [5, 5.41) is 21.5. The lowest BCUT2D eigenvalue weighted by atomic mass is 10.1. The number of nitrogens with two attached hydrogens (primary N) is 1. The predicted octanol–water partition coefficient (Wildman–Crippen LogP) is 4.37. The molecule has 0 aromatic heterocycles. The van der Waals surface area contributed by atoms with E-state index in [2.05, 4.69) is 57.2 Å². The zero-order valence-corrected chi connectivity index (χ0v) is 33.4. The molecule has 0 rings (SSSR count). The van der Waals surface area contributed by atoms with Crippen molar-refractivity contribution in [3.05, 3.63) is 0 Å². The minimum atomic E-state index is -1.19. The number of carbonyl (C=O) groups excluding carboxylic acids is 5. The summed E-state index contributed by atoms with van der Waals surface area (Å²) in [7, 11) is 0. The fraction of sp³-hybridized carbons (Fsp3) is 0.756. The highest BCUT2D eigenvalue weighted by Crippen LogP contribution is 2.11. The third-order valence-corrected chi connectivity index (χ3v) is 8.82. The monoisotopic (exact) mass is 759 g/mol. The third-order valence-electron chi connectivity index (χ3n) is 8.82. The van der Waals surface area contributed by atoms with Crippen molar-refractivity contribution in [3.63, 3.8) is 0 Å². The Bertz CT molecular complexity index is 1220. The summed E-state index contributed by atoms with van der Waals surface area (Å²) < 4.78 is 0. The molecule has 0 fully saturated rings. The number of amides is 5. The van der Waals surface area contributed by atoms with Crippen molar-refractivity contribution in [2.24, 2.45) is 5.73 Å². The summed E-state index contributed by atoms with van der Waals surface area (Å²) in [4.78, 5) is 72.6. The number of aliphatic carboxylic acids is 1. The van der Waals surface area contributed by atoms with Crippen molar-refractivity contribution in [1.82, 2.24) is 26.6 Å². The molecule has 0 aliphatic carbocycles. The van der Waals surface area contributed by atoms with Crippen LogP contribution in [-0.2, 0) is 28.8 Å². The van der Waals surface area contributed by atoms with Crippen molar-refractivity contribution in [1.29, 1.82) is 0 Å². The lowest BCUT2D eigenvalue weighted by Gasteiger charge is -2.19. The van der Waals surface area contributed by atoms with E-state index >= 15 is 0 Å². The molecule has 0 bridgehead atoms. The van der Waals surface area contributed by atoms with Gasteiger partial charge < -0.3 is 37.4 Å². The molecule has 0 saturated heterocycles. The van der Waals surface area contributed by atoms with Gasteiger partial charge in [-0.25, -0.2) is 4.79 Å². The molecule has 0 aromatic carbocycles. The second-order valence-electron chi connectivity index (χ2n) is 13.9. The van der Waals surface area contributed by atoms with Crippen LogP contribution in [0.1, 0.15) is 162 Å². The maximum Gasteiger partial charge on any atom is 0.326 e. The number of rotatable bonds is 32. The van der Waals surface area contributed by atoms with Crippen LogP contribution in [0.4, 0.5) is 0 Å². The fourth-order valence-electron chi connectivity index (χ4n) is 5.47. The van der Waals surface area contributed by atoms with E-state index in [-0.39, 0.29) is 18.9 Å². The van der Waals surface area contributed by atoms with Gasteiger partial charge in [0.25, 0.3) is 0 Å². The Balaban J connectivity index is 3.92. The average Bonchev–Trinajstić information content (AvgIpc) is 3.14. The summed E-state index contributed by atoms with van der Waals surface area (Å²) in [5.74, 6) is 8.27. The predicted molar refractivity (Wildman–Crippen MR) is 213 cm³/mol. The van der Waals surface area contributed by atoms with Gasteiger partial charge in [-0.1, -0.05) is 102 Å². The van der Waals surface area contributed by atoms with Crippen LogP contribution in [0.5, 0.6) is 0 Å². The molecule has 0 saturated carbocycles. The fourth-order valence-corrected chi connectivity index (χ4v) is 5.47. The smallest absolute Gasteiger partial charge is 0.326 e. The lowest BCUT2D eigenvalue weighted by Crippen LogP contribution is -2.53. The van der Waals surface area contributed by atoms with Crippen LogP contribution in [0, 0.1) is 23.7 Å². The van der Waals surface area contributed by atoms with Gasteiger partial charge in [0.15, 0.2) is 0 Å². The SMILES string of the molecule is CCCCCCCCCCCCC#CC#CCCCCCCCCC(=O)NCC(=O)N[C@@H](C)C(=O)NCC(=O)N[C@@H](C)C(=O)N[C@@H](CCCCN)C(=O)O. The molecule has 306 valence electrons. The largest absolute Gasteiger partial charge is 0.480 e. The normalized spacial score (nSPS) is 12.1. The lowest BCUT2D eigenvalue weighted by molar-refractivity contribution is -0.142. The molecule has 0 heterocycles. The molecule has 0 radical (unpaired) electrons. The van der Waals surface area contributed by atoms with Crippen LogP contribution >= 0.6 is 0 Å². The van der Waals surface area contributed by atoms with Gasteiger partial charge >= 0.3 is 5.97 Å². The van der Waals surface area contributed by atoms with E-state index in [0.717, 1.165) is 57.8 Å². The van der Waals surface area contributed by atoms with Crippen molar-refractivity contribution in [2.75, 3.05) is 19.6 Å². The van der Waals surface area contributed by atoms with E-state index in [1.54, 1.807) is 0 Å². The van der Waals surface area contributed by atoms with Crippen LogP contribution in [-0.4, -0.2) is 78.4 Å².